The van der Waals surface area contributed by atoms with Crippen molar-refractivity contribution >= 4 is 0 Å². The third-order valence-electron chi connectivity index (χ3n) is 6.35. The zero-order chi connectivity index (χ0) is 19.3. The maximum Gasteiger partial charge on any atom is 0.140 e. The summed E-state index contributed by atoms with van der Waals surface area (Å²) in [7, 11) is 0. The number of rotatable bonds is 10. The van der Waals surface area contributed by atoms with E-state index < -0.39 is 0 Å². The van der Waals surface area contributed by atoms with Crippen molar-refractivity contribution in [3.63, 3.8) is 0 Å². The molecule has 0 aliphatic carbocycles. The normalized spacial score (nSPS) is 34.1. The second-order valence-corrected chi connectivity index (χ2v) is 8.77. The lowest BCUT2D eigenvalue weighted by atomic mass is 9.97. The van der Waals surface area contributed by atoms with Gasteiger partial charge >= 0.3 is 0 Å². The van der Waals surface area contributed by atoms with Crippen molar-refractivity contribution < 1.29 is 23.7 Å². The molecule has 0 aromatic heterocycles. The van der Waals surface area contributed by atoms with Crippen molar-refractivity contribution in [3.8, 4) is 0 Å². The minimum Gasteiger partial charge on any atom is -0.375 e. The Labute approximate surface area is 170 Å². The van der Waals surface area contributed by atoms with Crippen LogP contribution in [0.2, 0.25) is 0 Å². The van der Waals surface area contributed by atoms with Crippen LogP contribution in [-0.2, 0) is 47.7 Å². The van der Waals surface area contributed by atoms with Gasteiger partial charge in [-0.15, -0.1) is 0 Å². The van der Waals surface area contributed by atoms with Crippen LogP contribution in [0.4, 0.5) is 0 Å². The van der Waals surface area contributed by atoms with E-state index in [1.807, 2.05) is 0 Å². The van der Waals surface area contributed by atoms with Gasteiger partial charge in [0.1, 0.15) is 11.2 Å². The van der Waals surface area contributed by atoms with Gasteiger partial charge in [0.2, 0.25) is 0 Å². The van der Waals surface area contributed by atoms with Crippen molar-refractivity contribution in [3.05, 3.63) is 70.8 Å². The van der Waals surface area contributed by atoms with E-state index in [0.29, 0.717) is 38.6 Å². The van der Waals surface area contributed by atoms with Crippen LogP contribution in [0.1, 0.15) is 22.3 Å². The van der Waals surface area contributed by atoms with Gasteiger partial charge in [-0.05, 0) is 22.3 Å². The second kappa shape index (κ2) is 6.89. The van der Waals surface area contributed by atoms with Gasteiger partial charge in [-0.1, -0.05) is 48.5 Å². The third kappa shape index (κ3) is 3.98. The molecule has 0 amide bonds. The minimum absolute atomic E-state index is 0.293. The van der Waals surface area contributed by atoms with Gasteiger partial charge in [0.15, 0.2) is 0 Å². The summed E-state index contributed by atoms with van der Waals surface area (Å²) in [4.78, 5) is 0. The summed E-state index contributed by atoms with van der Waals surface area (Å²) in [5, 5.41) is 0. The molecule has 5 nitrogen and oxygen atoms in total. The second-order valence-electron chi connectivity index (χ2n) is 8.77. The first-order chi connectivity index (χ1) is 14.2. The molecule has 29 heavy (non-hydrogen) atoms. The summed E-state index contributed by atoms with van der Waals surface area (Å²) in [6.45, 7) is 4.32. The first kappa shape index (κ1) is 18.0. The molecule has 4 saturated heterocycles. The smallest absolute Gasteiger partial charge is 0.140 e. The fourth-order valence-corrected chi connectivity index (χ4v) is 4.01. The van der Waals surface area contributed by atoms with Gasteiger partial charge in [-0.2, -0.15) is 0 Å². The summed E-state index contributed by atoms with van der Waals surface area (Å²) in [6, 6.07) is 17.4. The Balaban J connectivity index is 1.05. The van der Waals surface area contributed by atoms with E-state index in [0.717, 1.165) is 26.1 Å². The number of hydrogen-bond acceptors (Lipinski definition) is 5. The van der Waals surface area contributed by atoms with Crippen LogP contribution in [0.25, 0.3) is 0 Å². The summed E-state index contributed by atoms with van der Waals surface area (Å²) < 4.78 is 28.4. The maximum atomic E-state index is 6.12. The fraction of sp³-hybridized carbons (Fsp3) is 0.500. The van der Waals surface area contributed by atoms with Crippen LogP contribution in [0.3, 0.4) is 0 Å². The Morgan fingerprint density at radius 3 is 1.38 bits per heavy atom. The van der Waals surface area contributed by atoms with E-state index in [2.05, 4.69) is 48.5 Å². The molecule has 4 unspecified atom stereocenters. The van der Waals surface area contributed by atoms with Crippen molar-refractivity contribution in [1.82, 2.24) is 0 Å². The van der Waals surface area contributed by atoms with Crippen molar-refractivity contribution in [2.45, 2.75) is 36.3 Å². The zero-order valence-corrected chi connectivity index (χ0v) is 16.5. The topological polar surface area (TPSA) is 59.4 Å². The van der Waals surface area contributed by atoms with Gasteiger partial charge in [-0.3, -0.25) is 0 Å². The lowest BCUT2D eigenvalue weighted by Gasteiger charge is -2.17. The molecule has 0 bridgehead atoms. The lowest BCUT2D eigenvalue weighted by molar-refractivity contribution is 0.0403. The molecule has 4 aliphatic rings. The van der Waals surface area contributed by atoms with E-state index >= 15 is 0 Å². The minimum atomic E-state index is -0.293. The molecule has 4 heterocycles. The molecule has 2 aromatic carbocycles. The van der Waals surface area contributed by atoms with E-state index in [1.165, 1.54) is 22.3 Å². The van der Waals surface area contributed by atoms with E-state index in [1.54, 1.807) is 0 Å². The molecular weight excluding hydrogens is 368 g/mol. The Kier molecular flexibility index (Phi) is 4.29. The molecule has 0 N–H and O–H groups in total. The van der Waals surface area contributed by atoms with Gasteiger partial charge in [0, 0.05) is 12.8 Å². The monoisotopic (exact) mass is 394 g/mol. The summed E-state index contributed by atoms with van der Waals surface area (Å²) in [5.74, 6) is 0. The number of benzene rings is 2. The average molecular weight is 394 g/mol. The highest BCUT2D eigenvalue weighted by Crippen LogP contribution is 2.42. The number of ether oxygens (including phenoxy) is 5. The predicted octanol–water partition coefficient (Wildman–Crippen LogP) is 2.74. The molecule has 6 rings (SSSR count). The molecule has 0 radical (unpaired) electrons. The Bertz CT molecular complexity index is 786. The molecule has 0 spiro atoms. The summed E-state index contributed by atoms with van der Waals surface area (Å²) in [6.07, 6.45) is 2.83. The van der Waals surface area contributed by atoms with Gasteiger partial charge in [0.25, 0.3) is 0 Å². The summed E-state index contributed by atoms with van der Waals surface area (Å²) >= 11 is 0. The van der Waals surface area contributed by atoms with Gasteiger partial charge in [0.05, 0.1) is 51.8 Å². The van der Waals surface area contributed by atoms with E-state index in [-0.39, 0.29) is 11.2 Å². The van der Waals surface area contributed by atoms with Crippen LogP contribution in [-0.4, -0.2) is 51.8 Å². The molecule has 4 atom stereocenters. The zero-order valence-electron chi connectivity index (χ0n) is 16.5. The summed E-state index contributed by atoms with van der Waals surface area (Å²) in [5.41, 5.74) is 4.42. The van der Waals surface area contributed by atoms with Crippen molar-refractivity contribution in [2.24, 2.45) is 0 Å². The number of hydrogen-bond donors (Lipinski definition) is 0. The highest BCUT2D eigenvalue weighted by Gasteiger charge is 2.50. The molecular formula is C24H26O5. The SMILES string of the molecule is c1cc(C2(COCC3(c4ccc(CC5CO5)cc4)CO3)CO2)ccc1CC1CO1. The van der Waals surface area contributed by atoms with Crippen LogP contribution in [0.15, 0.2) is 48.5 Å². The van der Waals surface area contributed by atoms with E-state index in [9.17, 15) is 0 Å². The Morgan fingerprint density at radius 2 is 1.07 bits per heavy atom. The molecule has 4 aliphatic heterocycles. The van der Waals surface area contributed by atoms with Crippen molar-refractivity contribution in [1.29, 1.82) is 0 Å². The molecule has 2 aromatic rings. The predicted molar refractivity (Wildman–Crippen MR) is 106 cm³/mol. The van der Waals surface area contributed by atoms with Crippen LogP contribution in [0, 0.1) is 0 Å². The molecule has 4 fully saturated rings. The van der Waals surface area contributed by atoms with Crippen LogP contribution in [0.5, 0.6) is 0 Å². The Hall–Kier alpha value is -1.76. The fourth-order valence-electron chi connectivity index (χ4n) is 4.01. The maximum absolute atomic E-state index is 6.12. The molecule has 5 heteroatoms. The highest BCUT2D eigenvalue weighted by atomic mass is 16.6. The quantitative estimate of drug-likeness (QED) is 0.580. The first-order valence-electron chi connectivity index (χ1n) is 10.5. The van der Waals surface area contributed by atoms with Crippen LogP contribution >= 0.6 is 0 Å². The highest BCUT2D eigenvalue weighted by molar-refractivity contribution is 5.32. The largest absolute Gasteiger partial charge is 0.375 e. The average Bonchev–Trinajstić information content (AvgIpc) is 3.58. The van der Waals surface area contributed by atoms with Crippen molar-refractivity contribution in [2.75, 3.05) is 39.6 Å². The first-order valence-corrected chi connectivity index (χ1v) is 10.5. The third-order valence-corrected chi connectivity index (χ3v) is 6.35. The standard InChI is InChI=1S/C24H26O5/c1-5-19(6-2-17(1)9-21-11-26-21)23(15-28-23)13-25-14-24(16-29-24)20-7-3-18(4-8-20)10-22-12-27-22/h1-8,21-22H,9-16H2. The van der Waals surface area contributed by atoms with Gasteiger partial charge < -0.3 is 23.7 Å². The van der Waals surface area contributed by atoms with E-state index in [4.69, 9.17) is 23.7 Å². The number of epoxide rings is 4. The Morgan fingerprint density at radius 1 is 0.690 bits per heavy atom. The molecule has 152 valence electrons. The lowest BCUT2D eigenvalue weighted by Crippen LogP contribution is -2.23. The molecule has 0 saturated carbocycles. The van der Waals surface area contributed by atoms with Crippen LogP contribution < -0.4 is 0 Å². The van der Waals surface area contributed by atoms with Gasteiger partial charge in [-0.25, -0.2) is 0 Å².